The highest BCUT2D eigenvalue weighted by Crippen LogP contribution is 2.15. The highest BCUT2D eigenvalue weighted by molar-refractivity contribution is 7.15. The number of rotatable bonds is 6. The minimum atomic E-state index is -0.945. The van der Waals surface area contributed by atoms with Crippen LogP contribution >= 0.6 is 11.3 Å². The first-order valence-corrected chi connectivity index (χ1v) is 8.74. The first-order valence-electron chi connectivity index (χ1n) is 7.86. The third-order valence-electron chi connectivity index (χ3n) is 3.62. The molecule has 6 heteroatoms. The fraction of sp³-hybridized carbons (Fsp3) is 0.333. The van der Waals surface area contributed by atoms with Crippen LogP contribution in [-0.4, -0.2) is 37.4 Å². The van der Waals surface area contributed by atoms with E-state index in [1.807, 2.05) is 52.5 Å². The fourth-order valence-electron chi connectivity index (χ4n) is 2.63. The van der Waals surface area contributed by atoms with Crippen molar-refractivity contribution in [3.05, 3.63) is 59.4 Å². The lowest BCUT2D eigenvalue weighted by Crippen LogP contribution is -2.42. The number of amides is 1. The maximum Gasteiger partial charge on any atom is 0.229 e. The van der Waals surface area contributed by atoms with Crippen LogP contribution in [0.5, 0.6) is 0 Å². The summed E-state index contributed by atoms with van der Waals surface area (Å²) in [7, 11) is 0. The lowest BCUT2D eigenvalue weighted by atomic mass is 10.1. The average molecular weight is 343 g/mol. The summed E-state index contributed by atoms with van der Waals surface area (Å²) in [6.07, 6.45) is 4.05. The van der Waals surface area contributed by atoms with Gasteiger partial charge in [-0.15, -0.1) is 11.3 Å². The zero-order chi connectivity index (χ0) is 17.2. The minimum absolute atomic E-state index is 0.0354. The van der Waals surface area contributed by atoms with E-state index in [1.54, 1.807) is 30.1 Å². The van der Waals surface area contributed by atoms with Crippen molar-refractivity contribution in [1.82, 2.24) is 14.3 Å². The second-order valence-electron chi connectivity index (χ2n) is 6.55. The van der Waals surface area contributed by atoms with Crippen LogP contribution in [0, 0.1) is 0 Å². The predicted octanol–water partition coefficient (Wildman–Crippen LogP) is 2.74. The van der Waals surface area contributed by atoms with E-state index in [0.717, 1.165) is 16.2 Å². The van der Waals surface area contributed by atoms with Crippen molar-refractivity contribution in [3.8, 4) is 0 Å². The Hall–Kier alpha value is -2.18. The molecule has 0 bridgehead atoms. The summed E-state index contributed by atoms with van der Waals surface area (Å²) in [5.74, 6) is -0.0354. The molecule has 3 rings (SSSR count). The molecule has 24 heavy (non-hydrogen) atoms. The van der Waals surface area contributed by atoms with Gasteiger partial charge in [0.15, 0.2) is 4.96 Å². The largest absolute Gasteiger partial charge is 0.389 e. The third-order valence-corrected chi connectivity index (χ3v) is 4.39. The van der Waals surface area contributed by atoms with Crippen LogP contribution in [-0.2, 0) is 17.8 Å². The average Bonchev–Trinajstić information content (AvgIpc) is 3.07. The molecular weight excluding hydrogens is 322 g/mol. The highest BCUT2D eigenvalue weighted by Gasteiger charge is 2.23. The van der Waals surface area contributed by atoms with Crippen molar-refractivity contribution in [2.24, 2.45) is 0 Å². The molecule has 1 amide bonds. The van der Waals surface area contributed by atoms with Gasteiger partial charge < -0.3 is 10.0 Å². The third kappa shape index (κ3) is 4.21. The zero-order valence-electron chi connectivity index (χ0n) is 13.8. The van der Waals surface area contributed by atoms with Crippen molar-refractivity contribution < 1.29 is 9.90 Å². The number of benzene rings is 1. The number of carbonyl (C=O) groups is 1. The topological polar surface area (TPSA) is 57.8 Å². The molecule has 3 aromatic rings. The standard InChI is InChI=1S/C18H21N3O2S/c1-18(2,23)13-21(11-14-6-4-3-5-7-14)16(22)10-15-12-20-8-9-24-17(20)19-15/h3-9,12,23H,10-11,13H2,1-2H3. The number of aliphatic hydroxyl groups is 1. The molecule has 0 aliphatic carbocycles. The maximum absolute atomic E-state index is 12.8. The maximum atomic E-state index is 12.8. The summed E-state index contributed by atoms with van der Waals surface area (Å²) < 4.78 is 1.92. The zero-order valence-corrected chi connectivity index (χ0v) is 14.7. The van der Waals surface area contributed by atoms with Crippen LogP contribution in [0.4, 0.5) is 0 Å². The summed E-state index contributed by atoms with van der Waals surface area (Å²) in [5.41, 5.74) is 0.848. The van der Waals surface area contributed by atoms with Gasteiger partial charge in [0.05, 0.1) is 17.7 Å². The van der Waals surface area contributed by atoms with E-state index in [2.05, 4.69) is 4.98 Å². The summed E-state index contributed by atoms with van der Waals surface area (Å²) in [6.45, 7) is 4.19. The van der Waals surface area contributed by atoms with Gasteiger partial charge >= 0.3 is 0 Å². The van der Waals surface area contributed by atoms with Crippen LogP contribution in [0.25, 0.3) is 4.96 Å². The highest BCUT2D eigenvalue weighted by atomic mass is 32.1. The molecule has 0 radical (unpaired) electrons. The molecule has 0 saturated heterocycles. The van der Waals surface area contributed by atoms with E-state index in [-0.39, 0.29) is 18.9 Å². The number of thiazole rings is 1. The van der Waals surface area contributed by atoms with E-state index in [4.69, 9.17) is 0 Å². The molecule has 0 fully saturated rings. The number of hydrogen-bond acceptors (Lipinski definition) is 4. The molecule has 1 N–H and O–H groups in total. The molecule has 126 valence electrons. The van der Waals surface area contributed by atoms with Crippen LogP contribution in [0.2, 0.25) is 0 Å². The SMILES string of the molecule is CC(C)(O)CN(Cc1ccccc1)C(=O)Cc1cn2ccsc2n1. The molecule has 0 saturated carbocycles. The Labute approximate surface area is 145 Å². The fourth-order valence-corrected chi connectivity index (χ4v) is 3.35. The van der Waals surface area contributed by atoms with Crippen LogP contribution < -0.4 is 0 Å². The van der Waals surface area contributed by atoms with Crippen LogP contribution in [0.3, 0.4) is 0 Å². The number of imidazole rings is 1. The summed E-state index contributed by atoms with van der Waals surface area (Å²) in [4.78, 5) is 19.8. The van der Waals surface area contributed by atoms with Gasteiger partial charge in [0.25, 0.3) is 0 Å². The second kappa shape index (κ2) is 6.75. The number of fused-ring (bicyclic) bond motifs is 1. The molecule has 5 nitrogen and oxygen atoms in total. The van der Waals surface area contributed by atoms with E-state index in [9.17, 15) is 9.90 Å². The van der Waals surface area contributed by atoms with Crippen molar-refractivity contribution in [3.63, 3.8) is 0 Å². The smallest absolute Gasteiger partial charge is 0.229 e. The monoisotopic (exact) mass is 343 g/mol. The molecule has 2 heterocycles. The quantitative estimate of drug-likeness (QED) is 0.749. The van der Waals surface area contributed by atoms with E-state index in [0.29, 0.717) is 6.54 Å². The Balaban J connectivity index is 1.75. The van der Waals surface area contributed by atoms with Gasteiger partial charge in [0.2, 0.25) is 5.91 Å². The van der Waals surface area contributed by atoms with Gasteiger partial charge in [0, 0.05) is 30.9 Å². The minimum Gasteiger partial charge on any atom is -0.389 e. The van der Waals surface area contributed by atoms with E-state index >= 15 is 0 Å². The number of carbonyl (C=O) groups excluding carboxylic acids is 1. The lowest BCUT2D eigenvalue weighted by molar-refractivity contribution is -0.134. The summed E-state index contributed by atoms with van der Waals surface area (Å²) >= 11 is 1.54. The Morgan fingerprint density at radius 3 is 2.75 bits per heavy atom. The van der Waals surface area contributed by atoms with Crippen molar-refractivity contribution in [1.29, 1.82) is 0 Å². The molecule has 0 aliphatic heterocycles. The summed E-state index contributed by atoms with van der Waals surface area (Å²) in [5, 5.41) is 12.1. The van der Waals surface area contributed by atoms with Gasteiger partial charge in [0.1, 0.15) is 0 Å². The van der Waals surface area contributed by atoms with Crippen molar-refractivity contribution in [2.75, 3.05) is 6.54 Å². The molecule has 0 unspecified atom stereocenters. The van der Waals surface area contributed by atoms with Gasteiger partial charge in [-0.1, -0.05) is 30.3 Å². The number of aromatic nitrogens is 2. The van der Waals surface area contributed by atoms with Crippen molar-refractivity contribution in [2.45, 2.75) is 32.4 Å². The van der Waals surface area contributed by atoms with Crippen LogP contribution in [0.15, 0.2) is 48.1 Å². The molecule has 0 aliphatic rings. The molecule has 0 spiro atoms. The summed E-state index contributed by atoms with van der Waals surface area (Å²) in [6, 6.07) is 9.81. The number of hydrogen-bond donors (Lipinski definition) is 1. The Bertz CT molecular complexity index is 789. The van der Waals surface area contributed by atoms with Gasteiger partial charge in [-0.2, -0.15) is 0 Å². The number of nitrogens with zero attached hydrogens (tertiary/aromatic N) is 3. The second-order valence-corrected chi connectivity index (χ2v) is 7.42. The molecule has 0 atom stereocenters. The first kappa shape index (κ1) is 16.7. The molecule has 2 aromatic heterocycles. The molecular formula is C18H21N3O2S. The molecule has 1 aromatic carbocycles. The van der Waals surface area contributed by atoms with Gasteiger partial charge in [-0.3, -0.25) is 9.20 Å². The van der Waals surface area contributed by atoms with Gasteiger partial charge in [-0.25, -0.2) is 4.98 Å². The first-order chi connectivity index (χ1) is 11.4. The Kier molecular flexibility index (Phi) is 4.69. The van der Waals surface area contributed by atoms with E-state index < -0.39 is 5.60 Å². The normalized spacial score (nSPS) is 11.8. The lowest BCUT2D eigenvalue weighted by Gasteiger charge is -2.29. The van der Waals surface area contributed by atoms with Crippen molar-refractivity contribution >= 4 is 22.2 Å². The Morgan fingerprint density at radius 1 is 1.33 bits per heavy atom. The Morgan fingerprint density at radius 2 is 2.08 bits per heavy atom. The van der Waals surface area contributed by atoms with E-state index in [1.165, 1.54) is 0 Å². The predicted molar refractivity (Wildman–Crippen MR) is 94.9 cm³/mol. The van der Waals surface area contributed by atoms with Crippen LogP contribution in [0.1, 0.15) is 25.1 Å². The van der Waals surface area contributed by atoms with Gasteiger partial charge in [-0.05, 0) is 19.4 Å².